The van der Waals surface area contributed by atoms with E-state index in [-0.39, 0.29) is 17.2 Å². The summed E-state index contributed by atoms with van der Waals surface area (Å²) in [6.07, 6.45) is 2.37. The van der Waals surface area contributed by atoms with Gasteiger partial charge in [0.25, 0.3) is 0 Å². The summed E-state index contributed by atoms with van der Waals surface area (Å²) in [6, 6.07) is 31.8. The zero-order valence-electron chi connectivity index (χ0n) is 18.9. The molecule has 0 bridgehead atoms. The zero-order chi connectivity index (χ0) is 21.7. The summed E-state index contributed by atoms with van der Waals surface area (Å²) in [7, 11) is 2.08. The number of rotatable bonds is 9. The van der Waals surface area contributed by atoms with Crippen molar-refractivity contribution >= 4 is 0 Å². The van der Waals surface area contributed by atoms with Gasteiger partial charge in [0.15, 0.2) is 0 Å². The van der Waals surface area contributed by atoms with Gasteiger partial charge >= 0.3 is 0 Å². The van der Waals surface area contributed by atoms with Crippen molar-refractivity contribution in [3.05, 3.63) is 102 Å². The molecule has 0 spiro atoms. The smallest absolute Gasteiger partial charge is 0.124 e. The van der Waals surface area contributed by atoms with Gasteiger partial charge in [-0.3, -0.25) is 4.90 Å². The summed E-state index contributed by atoms with van der Waals surface area (Å²) in [4.78, 5) is 2.55. The van der Waals surface area contributed by atoms with Crippen LogP contribution in [0.15, 0.2) is 91.0 Å². The standard InChI is InChI=1S/C28H34N2O/c1-27(2,30-21-26(22-30)31-25-17-11-6-12-18-25)19-20-28(29-3,23-13-7-4-8-14-23)24-15-9-5-10-16-24/h4-18,26,29H,19-22H2,1-3H3. The predicted molar refractivity (Wildman–Crippen MR) is 128 cm³/mol. The molecule has 1 saturated heterocycles. The highest BCUT2D eigenvalue weighted by molar-refractivity contribution is 5.38. The van der Waals surface area contributed by atoms with E-state index >= 15 is 0 Å². The van der Waals surface area contributed by atoms with Crippen LogP contribution in [0.5, 0.6) is 5.75 Å². The minimum Gasteiger partial charge on any atom is -0.488 e. The summed E-state index contributed by atoms with van der Waals surface area (Å²) in [5.41, 5.74) is 2.52. The lowest BCUT2D eigenvalue weighted by molar-refractivity contribution is -0.0473. The average Bonchev–Trinajstić information content (AvgIpc) is 2.79. The van der Waals surface area contributed by atoms with Crippen molar-refractivity contribution in [3.63, 3.8) is 0 Å². The first-order chi connectivity index (χ1) is 15.0. The fourth-order valence-corrected chi connectivity index (χ4v) is 4.66. The number of hydrogen-bond donors (Lipinski definition) is 1. The van der Waals surface area contributed by atoms with Gasteiger partial charge in [0.1, 0.15) is 11.9 Å². The maximum absolute atomic E-state index is 6.13. The normalized spacial score (nSPS) is 15.5. The second-order valence-corrected chi connectivity index (χ2v) is 9.16. The highest BCUT2D eigenvalue weighted by atomic mass is 16.5. The summed E-state index contributed by atoms with van der Waals surface area (Å²) >= 11 is 0. The summed E-state index contributed by atoms with van der Waals surface area (Å²) in [5, 5.41) is 3.69. The monoisotopic (exact) mass is 414 g/mol. The fraction of sp³-hybridized carbons (Fsp3) is 0.357. The Labute approximate surface area is 187 Å². The minimum absolute atomic E-state index is 0.0994. The summed E-state index contributed by atoms with van der Waals surface area (Å²) < 4.78 is 6.13. The van der Waals surface area contributed by atoms with E-state index in [1.54, 1.807) is 0 Å². The van der Waals surface area contributed by atoms with E-state index in [9.17, 15) is 0 Å². The number of benzene rings is 3. The molecule has 0 amide bonds. The predicted octanol–water partition coefficient (Wildman–Crippen LogP) is 5.47. The largest absolute Gasteiger partial charge is 0.488 e. The highest BCUT2D eigenvalue weighted by Crippen LogP contribution is 2.38. The van der Waals surface area contributed by atoms with Gasteiger partial charge < -0.3 is 10.1 Å². The van der Waals surface area contributed by atoms with Gasteiger partial charge in [0.2, 0.25) is 0 Å². The Bertz CT molecular complexity index is 895. The van der Waals surface area contributed by atoms with Crippen LogP contribution in [0.2, 0.25) is 0 Å². The van der Waals surface area contributed by atoms with E-state index in [0.29, 0.717) is 0 Å². The van der Waals surface area contributed by atoms with Gasteiger partial charge in [-0.15, -0.1) is 0 Å². The van der Waals surface area contributed by atoms with Gasteiger partial charge in [-0.2, -0.15) is 0 Å². The Balaban J connectivity index is 1.46. The van der Waals surface area contributed by atoms with Gasteiger partial charge in [-0.05, 0) is 57.0 Å². The van der Waals surface area contributed by atoms with Gasteiger partial charge in [-0.25, -0.2) is 0 Å². The second-order valence-electron chi connectivity index (χ2n) is 9.16. The Morgan fingerprint density at radius 2 is 1.26 bits per heavy atom. The number of ether oxygens (including phenoxy) is 1. The van der Waals surface area contributed by atoms with Crippen molar-refractivity contribution in [3.8, 4) is 5.75 Å². The lowest BCUT2D eigenvalue weighted by Crippen LogP contribution is -2.62. The molecule has 0 aliphatic carbocycles. The van der Waals surface area contributed by atoms with Crippen LogP contribution in [0.25, 0.3) is 0 Å². The Morgan fingerprint density at radius 3 is 1.74 bits per heavy atom. The van der Waals surface area contributed by atoms with E-state index < -0.39 is 0 Å². The summed E-state index contributed by atoms with van der Waals surface area (Å²) in [6.45, 7) is 6.68. The van der Waals surface area contributed by atoms with E-state index in [1.165, 1.54) is 11.1 Å². The first-order valence-corrected chi connectivity index (χ1v) is 11.3. The Hall–Kier alpha value is -2.62. The topological polar surface area (TPSA) is 24.5 Å². The first kappa shape index (κ1) is 21.6. The van der Waals surface area contributed by atoms with E-state index in [4.69, 9.17) is 4.74 Å². The van der Waals surface area contributed by atoms with Crippen molar-refractivity contribution < 1.29 is 4.74 Å². The Kier molecular flexibility index (Phi) is 6.45. The molecule has 3 aromatic rings. The van der Waals surface area contributed by atoms with Crippen LogP contribution in [-0.2, 0) is 5.54 Å². The number of para-hydroxylation sites is 1. The zero-order valence-corrected chi connectivity index (χ0v) is 18.9. The molecular weight excluding hydrogens is 380 g/mol. The molecule has 0 radical (unpaired) electrons. The molecule has 3 nitrogen and oxygen atoms in total. The van der Waals surface area contributed by atoms with E-state index in [2.05, 4.69) is 91.8 Å². The first-order valence-electron chi connectivity index (χ1n) is 11.3. The fourth-order valence-electron chi connectivity index (χ4n) is 4.66. The average molecular weight is 415 g/mol. The van der Waals surface area contributed by atoms with Crippen LogP contribution in [-0.4, -0.2) is 36.7 Å². The molecule has 0 unspecified atom stereocenters. The SMILES string of the molecule is CNC(CCC(C)(C)N1CC(Oc2ccccc2)C1)(c1ccccc1)c1ccccc1. The maximum Gasteiger partial charge on any atom is 0.124 e. The lowest BCUT2D eigenvalue weighted by atomic mass is 9.76. The molecule has 3 aromatic carbocycles. The van der Waals surface area contributed by atoms with Crippen LogP contribution >= 0.6 is 0 Å². The van der Waals surface area contributed by atoms with Crippen LogP contribution < -0.4 is 10.1 Å². The molecular formula is C28H34N2O. The van der Waals surface area contributed by atoms with Crippen molar-refractivity contribution in [2.45, 2.75) is 43.9 Å². The molecule has 31 heavy (non-hydrogen) atoms. The van der Waals surface area contributed by atoms with Crippen molar-refractivity contribution in [2.75, 3.05) is 20.1 Å². The molecule has 0 aromatic heterocycles. The van der Waals surface area contributed by atoms with Crippen LogP contribution in [0.3, 0.4) is 0 Å². The summed E-state index contributed by atoms with van der Waals surface area (Å²) in [5.74, 6) is 0.965. The molecule has 3 heteroatoms. The molecule has 0 saturated carbocycles. The number of likely N-dealkylation sites (tertiary alicyclic amines) is 1. The van der Waals surface area contributed by atoms with Crippen molar-refractivity contribution in [2.24, 2.45) is 0 Å². The number of nitrogens with zero attached hydrogens (tertiary/aromatic N) is 1. The van der Waals surface area contributed by atoms with Gasteiger partial charge in [-0.1, -0.05) is 78.9 Å². The van der Waals surface area contributed by atoms with Crippen LogP contribution in [0.1, 0.15) is 37.8 Å². The number of hydrogen-bond acceptors (Lipinski definition) is 3. The van der Waals surface area contributed by atoms with E-state index in [0.717, 1.165) is 31.7 Å². The highest BCUT2D eigenvalue weighted by Gasteiger charge is 2.41. The van der Waals surface area contributed by atoms with Gasteiger partial charge in [0, 0.05) is 18.6 Å². The third-order valence-corrected chi connectivity index (χ3v) is 6.82. The minimum atomic E-state index is -0.204. The maximum atomic E-state index is 6.13. The quantitative estimate of drug-likeness (QED) is 0.502. The van der Waals surface area contributed by atoms with Crippen molar-refractivity contribution in [1.82, 2.24) is 10.2 Å². The second kappa shape index (κ2) is 9.25. The molecule has 1 aliphatic rings. The lowest BCUT2D eigenvalue weighted by Gasteiger charge is -2.50. The molecule has 0 atom stereocenters. The molecule has 1 N–H and O–H groups in total. The molecule has 1 fully saturated rings. The van der Waals surface area contributed by atoms with Crippen LogP contribution in [0, 0.1) is 0 Å². The number of nitrogens with one attached hydrogen (secondary N) is 1. The molecule has 162 valence electrons. The molecule has 4 rings (SSSR count). The molecule has 1 heterocycles. The Morgan fingerprint density at radius 1 is 0.774 bits per heavy atom. The van der Waals surface area contributed by atoms with E-state index in [1.807, 2.05) is 30.3 Å². The molecule has 1 aliphatic heterocycles. The van der Waals surface area contributed by atoms with Crippen molar-refractivity contribution in [1.29, 1.82) is 0 Å². The third-order valence-electron chi connectivity index (χ3n) is 6.82. The third kappa shape index (κ3) is 4.68. The van der Waals surface area contributed by atoms with Crippen LogP contribution in [0.4, 0.5) is 0 Å². The van der Waals surface area contributed by atoms with Gasteiger partial charge in [0.05, 0.1) is 5.54 Å².